The second-order valence-electron chi connectivity index (χ2n) is 7.00. The van der Waals surface area contributed by atoms with Crippen LogP contribution in [0.5, 0.6) is 0 Å². The number of hydrogen-bond acceptors (Lipinski definition) is 2. The van der Waals surface area contributed by atoms with E-state index in [0.29, 0.717) is 0 Å². The number of rotatable bonds is 6. The molecule has 2 atom stereocenters. The fraction of sp³-hybridized carbons (Fsp3) is 0.600. The van der Waals surface area contributed by atoms with Crippen molar-refractivity contribution in [2.75, 3.05) is 6.61 Å². The second-order valence-corrected chi connectivity index (χ2v) is 7.00. The lowest BCUT2D eigenvalue weighted by molar-refractivity contribution is -0.238. The van der Waals surface area contributed by atoms with Crippen molar-refractivity contribution in [2.24, 2.45) is 5.41 Å². The van der Waals surface area contributed by atoms with Gasteiger partial charge in [-0.3, -0.25) is 0 Å². The first-order chi connectivity index (χ1) is 10.5. The molecule has 1 aliphatic heterocycles. The van der Waals surface area contributed by atoms with Gasteiger partial charge in [0.25, 0.3) is 0 Å². The van der Waals surface area contributed by atoms with E-state index in [-0.39, 0.29) is 17.8 Å². The van der Waals surface area contributed by atoms with Gasteiger partial charge in [-0.1, -0.05) is 70.0 Å². The monoisotopic (exact) mass is 302 g/mol. The van der Waals surface area contributed by atoms with Gasteiger partial charge in [-0.05, 0) is 30.9 Å². The molecule has 2 nitrogen and oxygen atoms in total. The summed E-state index contributed by atoms with van der Waals surface area (Å²) in [4.78, 5) is 0. The standard InChI is InChI=1S/C20H30O2/c1-5-6-8-13-18(14-17-11-9-7-10-12-17)19-21-15-20(3,4)16(2)22-19/h7,9-12,14,16,19H,5-6,8,13,15H2,1-4H3. The normalized spacial score (nSPS) is 25.2. The molecule has 122 valence electrons. The molecule has 1 saturated heterocycles. The van der Waals surface area contributed by atoms with Crippen molar-refractivity contribution in [3.05, 3.63) is 41.5 Å². The van der Waals surface area contributed by atoms with Crippen molar-refractivity contribution in [3.8, 4) is 0 Å². The van der Waals surface area contributed by atoms with Gasteiger partial charge in [-0.15, -0.1) is 0 Å². The lowest BCUT2D eigenvalue weighted by Gasteiger charge is -2.41. The van der Waals surface area contributed by atoms with Gasteiger partial charge in [0.05, 0.1) is 12.7 Å². The molecule has 0 aliphatic carbocycles. The quantitative estimate of drug-likeness (QED) is 0.652. The van der Waals surface area contributed by atoms with E-state index in [4.69, 9.17) is 9.47 Å². The molecule has 0 N–H and O–H groups in total. The average Bonchev–Trinajstić information content (AvgIpc) is 2.50. The fourth-order valence-corrected chi connectivity index (χ4v) is 2.61. The van der Waals surface area contributed by atoms with Crippen molar-refractivity contribution in [1.29, 1.82) is 0 Å². The number of ether oxygens (including phenoxy) is 2. The molecule has 0 aromatic heterocycles. The van der Waals surface area contributed by atoms with E-state index in [9.17, 15) is 0 Å². The lowest BCUT2D eigenvalue weighted by atomic mass is 9.87. The van der Waals surface area contributed by atoms with Crippen LogP contribution in [0.3, 0.4) is 0 Å². The van der Waals surface area contributed by atoms with E-state index in [1.54, 1.807) is 0 Å². The molecule has 0 saturated carbocycles. The minimum atomic E-state index is -0.194. The smallest absolute Gasteiger partial charge is 0.180 e. The molecule has 0 spiro atoms. The summed E-state index contributed by atoms with van der Waals surface area (Å²) in [6.45, 7) is 9.54. The minimum Gasteiger partial charge on any atom is -0.348 e. The second kappa shape index (κ2) is 7.94. The summed E-state index contributed by atoms with van der Waals surface area (Å²) in [7, 11) is 0. The highest BCUT2D eigenvalue weighted by molar-refractivity contribution is 5.53. The molecule has 1 heterocycles. The Morgan fingerprint density at radius 3 is 2.59 bits per heavy atom. The van der Waals surface area contributed by atoms with Crippen LogP contribution in [0.1, 0.15) is 58.9 Å². The molecule has 1 aromatic carbocycles. The Hall–Kier alpha value is -1.12. The van der Waals surface area contributed by atoms with Gasteiger partial charge in [0.2, 0.25) is 0 Å². The maximum Gasteiger partial charge on any atom is 0.180 e. The van der Waals surface area contributed by atoms with Crippen LogP contribution in [0.2, 0.25) is 0 Å². The van der Waals surface area contributed by atoms with Crippen LogP contribution in [-0.2, 0) is 9.47 Å². The molecule has 2 unspecified atom stereocenters. The van der Waals surface area contributed by atoms with Crippen molar-refractivity contribution in [1.82, 2.24) is 0 Å². The maximum absolute atomic E-state index is 6.18. The predicted molar refractivity (Wildman–Crippen MR) is 92.6 cm³/mol. The first kappa shape index (κ1) is 17.2. The third-order valence-electron chi connectivity index (χ3n) is 4.56. The van der Waals surface area contributed by atoms with Crippen molar-refractivity contribution in [2.45, 2.75) is 65.8 Å². The number of benzene rings is 1. The van der Waals surface area contributed by atoms with Crippen LogP contribution < -0.4 is 0 Å². The Bertz CT molecular complexity index is 476. The summed E-state index contributed by atoms with van der Waals surface area (Å²) in [5, 5.41) is 0. The van der Waals surface area contributed by atoms with E-state index in [1.807, 2.05) is 6.07 Å². The van der Waals surface area contributed by atoms with Crippen LogP contribution in [0.4, 0.5) is 0 Å². The van der Waals surface area contributed by atoms with Crippen LogP contribution in [0.15, 0.2) is 35.9 Å². The highest BCUT2D eigenvalue weighted by Crippen LogP contribution is 2.33. The largest absolute Gasteiger partial charge is 0.348 e. The third kappa shape index (κ3) is 4.69. The van der Waals surface area contributed by atoms with Gasteiger partial charge in [0.1, 0.15) is 0 Å². The van der Waals surface area contributed by atoms with E-state index in [1.165, 1.54) is 30.4 Å². The van der Waals surface area contributed by atoms with Gasteiger partial charge in [0, 0.05) is 5.41 Å². The van der Waals surface area contributed by atoms with Gasteiger partial charge >= 0.3 is 0 Å². The number of unbranched alkanes of at least 4 members (excludes halogenated alkanes) is 2. The van der Waals surface area contributed by atoms with Crippen LogP contribution in [-0.4, -0.2) is 19.0 Å². The summed E-state index contributed by atoms with van der Waals surface area (Å²) in [6, 6.07) is 10.5. The van der Waals surface area contributed by atoms with Gasteiger partial charge in [-0.2, -0.15) is 0 Å². The summed E-state index contributed by atoms with van der Waals surface area (Å²) >= 11 is 0. The third-order valence-corrected chi connectivity index (χ3v) is 4.56. The van der Waals surface area contributed by atoms with Crippen LogP contribution >= 0.6 is 0 Å². The molecule has 1 aromatic rings. The highest BCUT2D eigenvalue weighted by atomic mass is 16.7. The first-order valence-corrected chi connectivity index (χ1v) is 8.55. The zero-order valence-corrected chi connectivity index (χ0v) is 14.5. The van der Waals surface area contributed by atoms with Gasteiger partial charge in [0.15, 0.2) is 6.29 Å². The van der Waals surface area contributed by atoms with Crippen molar-refractivity contribution < 1.29 is 9.47 Å². The van der Waals surface area contributed by atoms with Crippen LogP contribution in [0.25, 0.3) is 6.08 Å². The first-order valence-electron chi connectivity index (χ1n) is 8.55. The van der Waals surface area contributed by atoms with E-state index >= 15 is 0 Å². The molecule has 0 radical (unpaired) electrons. The molecule has 0 bridgehead atoms. The molecule has 22 heavy (non-hydrogen) atoms. The summed E-state index contributed by atoms with van der Waals surface area (Å²) in [5.74, 6) is 0. The summed E-state index contributed by atoms with van der Waals surface area (Å²) in [6.07, 6.45) is 6.97. The maximum atomic E-state index is 6.18. The molecule has 1 aliphatic rings. The summed E-state index contributed by atoms with van der Waals surface area (Å²) < 4.78 is 12.2. The minimum absolute atomic E-state index is 0.0811. The molecule has 1 fully saturated rings. The van der Waals surface area contributed by atoms with E-state index < -0.39 is 0 Å². The topological polar surface area (TPSA) is 18.5 Å². The molecule has 0 amide bonds. The molecular formula is C20H30O2. The fourth-order valence-electron chi connectivity index (χ4n) is 2.61. The van der Waals surface area contributed by atoms with Crippen molar-refractivity contribution in [3.63, 3.8) is 0 Å². The SMILES string of the molecule is CCCCCC(=Cc1ccccc1)C1OCC(C)(C)C(C)O1. The van der Waals surface area contributed by atoms with Crippen LogP contribution in [0, 0.1) is 5.41 Å². The van der Waals surface area contributed by atoms with E-state index in [0.717, 1.165) is 13.0 Å². The van der Waals surface area contributed by atoms with E-state index in [2.05, 4.69) is 58.0 Å². The van der Waals surface area contributed by atoms with Crippen molar-refractivity contribution >= 4 is 6.08 Å². The Kier molecular flexibility index (Phi) is 6.22. The Morgan fingerprint density at radius 1 is 1.23 bits per heavy atom. The summed E-state index contributed by atoms with van der Waals surface area (Å²) in [5.41, 5.74) is 2.57. The van der Waals surface area contributed by atoms with Gasteiger partial charge in [-0.25, -0.2) is 0 Å². The van der Waals surface area contributed by atoms with Gasteiger partial charge < -0.3 is 9.47 Å². The molecular weight excluding hydrogens is 272 g/mol. The molecule has 2 rings (SSSR count). The Labute approximate surface area is 135 Å². The Balaban J connectivity index is 2.12. The predicted octanol–water partition coefficient (Wildman–Crippen LogP) is 5.44. The average molecular weight is 302 g/mol. The number of hydrogen-bond donors (Lipinski definition) is 0. The zero-order chi connectivity index (χ0) is 16.0. The highest BCUT2D eigenvalue weighted by Gasteiger charge is 2.36. The molecule has 2 heteroatoms. The zero-order valence-electron chi connectivity index (χ0n) is 14.5. The Morgan fingerprint density at radius 2 is 1.95 bits per heavy atom. The lowest BCUT2D eigenvalue weighted by Crippen LogP contribution is -2.44.